The van der Waals surface area contributed by atoms with Crippen molar-refractivity contribution in [1.29, 1.82) is 0 Å². The maximum atomic E-state index is 14.3. The molecule has 160 valence electrons. The number of hydrogen-bond acceptors (Lipinski definition) is 6. The highest BCUT2D eigenvalue weighted by molar-refractivity contribution is 5.94. The van der Waals surface area contributed by atoms with Gasteiger partial charge in [0.15, 0.2) is 0 Å². The first-order chi connectivity index (χ1) is 14.9. The molecule has 1 aliphatic rings. The first-order valence-electron chi connectivity index (χ1n) is 9.72. The van der Waals surface area contributed by atoms with Gasteiger partial charge in [0.1, 0.15) is 12.0 Å². The number of ether oxygens (including phenoxy) is 1. The quantitative estimate of drug-likeness (QED) is 0.602. The van der Waals surface area contributed by atoms with Crippen LogP contribution in [-0.2, 0) is 5.41 Å². The average molecular weight is 425 g/mol. The van der Waals surface area contributed by atoms with Gasteiger partial charge in [-0.3, -0.25) is 9.78 Å². The molecule has 4 rings (SSSR count). The summed E-state index contributed by atoms with van der Waals surface area (Å²) < 4.78 is 33.4. The summed E-state index contributed by atoms with van der Waals surface area (Å²) >= 11 is 0. The van der Waals surface area contributed by atoms with E-state index in [1.54, 1.807) is 30.5 Å². The summed E-state index contributed by atoms with van der Waals surface area (Å²) in [7, 11) is 1.47. The number of carbonyl (C=O) groups excluding carboxylic acids is 1. The number of rotatable bonds is 7. The number of aromatic nitrogens is 3. The van der Waals surface area contributed by atoms with Gasteiger partial charge in [-0.25, -0.2) is 13.8 Å². The lowest BCUT2D eigenvalue weighted by Crippen LogP contribution is -2.49. The van der Waals surface area contributed by atoms with Crippen molar-refractivity contribution in [3.8, 4) is 17.0 Å². The molecule has 1 fully saturated rings. The molecular weight excluding hydrogens is 404 g/mol. The molecule has 2 aromatic heterocycles. The predicted molar refractivity (Wildman–Crippen MR) is 111 cm³/mol. The molecule has 3 N–H and O–H groups in total. The van der Waals surface area contributed by atoms with Gasteiger partial charge in [-0.15, -0.1) is 0 Å². The summed E-state index contributed by atoms with van der Waals surface area (Å²) in [6, 6.07) is 9.56. The van der Waals surface area contributed by atoms with Gasteiger partial charge in [-0.05, 0) is 42.7 Å². The topological polar surface area (TPSA) is 103 Å². The zero-order chi connectivity index (χ0) is 22.0. The average Bonchev–Trinajstić information content (AvgIpc) is 2.76. The zero-order valence-corrected chi connectivity index (χ0v) is 16.8. The molecule has 2 heterocycles. The fourth-order valence-electron chi connectivity index (χ4n) is 3.88. The summed E-state index contributed by atoms with van der Waals surface area (Å²) in [4.78, 5) is 24.3. The molecule has 9 heteroatoms. The lowest BCUT2D eigenvalue weighted by molar-refractivity contribution is 0.0963. The summed E-state index contributed by atoms with van der Waals surface area (Å²) in [5.41, 5.74) is 6.43. The molecule has 0 bridgehead atoms. The van der Waals surface area contributed by atoms with Crippen molar-refractivity contribution in [2.45, 2.75) is 24.4 Å². The summed E-state index contributed by atoms with van der Waals surface area (Å²) in [6.45, 7) is 0.223. The molecule has 7 nitrogen and oxygen atoms in total. The third kappa shape index (κ3) is 4.03. The Balaban J connectivity index is 1.58. The van der Waals surface area contributed by atoms with E-state index >= 15 is 0 Å². The normalized spacial score (nSPS) is 20.0. The molecule has 1 aliphatic carbocycles. The van der Waals surface area contributed by atoms with Crippen molar-refractivity contribution in [1.82, 2.24) is 15.0 Å². The fourth-order valence-corrected chi connectivity index (χ4v) is 3.88. The first kappa shape index (κ1) is 20.6. The van der Waals surface area contributed by atoms with E-state index in [1.165, 1.54) is 25.4 Å². The first-order valence-corrected chi connectivity index (χ1v) is 9.72. The number of nitrogens with zero attached hydrogens (tertiary/aromatic N) is 3. The molecule has 31 heavy (non-hydrogen) atoms. The number of nitrogens with one attached hydrogen (secondary N) is 1. The molecule has 0 unspecified atom stereocenters. The van der Waals surface area contributed by atoms with Gasteiger partial charge >= 0.3 is 0 Å². The lowest BCUT2D eigenvalue weighted by Gasteiger charge is -2.43. The third-order valence-corrected chi connectivity index (χ3v) is 5.48. The third-order valence-electron chi connectivity index (χ3n) is 5.48. The van der Waals surface area contributed by atoms with Gasteiger partial charge in [-0.1, -0.05) is 12.1 Å². The van der Waals surface area contributed by atoms with E-state index in [1.807, 2.05) is 0 Å². The predicted octanol–water partition coefficient (Wildman–Crippen LogP) is 3.27. The van der Waals surface area contributed by atoms with Crippen molar-refractivity contribution >= 4 is 11.9 Å². The van der Waals surface area contributed by atoms with Crippen LogP contribution >= 0.6 is 0 Å². The number of carbonyl (C=O) groups is 1. The number of methoxy groups -OCH3 is 1. The number of benzene rings is 1. The van der Waals surface area contributed by atoms with Crippen LogP contribution in [0.4, 0.5) is 14.7 Å². The molecule has 1 aromatic carbocycles. The van der Waals surface area contributed by atoms with Crippen molar-refractivity contribution < 1.29 is 18.3 Å². The van der Waals surface area contributed by atoms with E-state index in [0.717, 1.165) is 0 Å². The van der Waals surface area contributed by atoms with Crippen LogP contribution in [0.1, 0.15) is 28.9 Å². The number of anilines is 1. The molecule has 0 aliphatic heterocycles. The number of amides is 1. The van der Waals surface area contributed by atoms with E-state index in [9.17, 15) is 13.6 Å². The van der Waals surface area contributed by atoms with Crippen molar-refractivity contribution in [2.24, 2.45) is 5.73 Å². The minimum atomic E-state index is -1.00. The highest BCUT2D eigenvalue weighted by Gasteiger charge is 2.48. The van der Waals surface area contributed by atoms with Crippen LogP contribution in [0, 0.1) is 5.82 Å². The number of hydrogen-bond donors (Lipinski definition) is 2. The van der Waals surface area contributed by atoms with Crippen molar-refractivity contribution in [3.63, 3.8) is 0 Å². The second-order valence-corrected chi connectivity index (χ2v) is 7.53. The number of nitrogens with two attached hydrogens (primary N) is 1. The summed E-state index contributed by atoms with van der Waals surface area (Å²) in [6.07, 6.45) is 2.39. The lowest BCUT2D eigenvalue weighted by atomic mass is 9.65. The molecule has 0 spiro atoms. The van der Waals surface area contributed by atoms with E-state index in [0.29, 0.717) is 16.7 Å². The largest absolute Gasteiger partial charge is 0.480 e. The van der Waals surface area contributed by atoms with Gasteiger partial charge in [0.2, 0.25) is 17.7 Å². The highest BCUT2D eigenvalue weighted by Crippen LogP contribution is 2.45. The van der Waals surface area contributed by atoms with Crippen LogP contribution in [0.3, 0.4) is 0 Å². The van der Waals surface area contributed by atoms with Gasteiger partial charge < -0.3 is 15.8 Å². The number of halogens is 2. The molecule has 1 amide bonds. The minimum absolute atomic E-state index is 0.170. The molecule has 0 radical (unpaired) electrons. The Hall–Kier alpha value is -3.62. The number of pyridine rings is 1. The summed E-state index contributed by atoms with van der Waals surface area (Å²) in [5, 5.41) is 3.07. The standard InChI is InChI=1S/C22H21F2N5O2/c1-31-20-16(13-4-2-5-14(8-13)19(25)30)11-27-21(29-20)28-12-22(9-15(23)10-22)18-17(24)6-3-7-26-18/h2-8,11,15H,9-10,12H2,1H3,(H2,25,30)(H,27,28,29). The van der Waals surface area contributed by atoms with Crippen LogP contribution in [0.15, 0.2) is 48.8 Å². The van der Waals surface area contributed by atoms with Crippen LogP contribution < -0.4 is 15.8 Å². The van der Waals surface area contributed by atoms with Crippen molar-refractivity contribution in [3.05, 3.63) is 65.9 Å². The molecule has 1 saturated carbocycles. The fraction of sp³-hybridized carbons (Fsp3) is 0.273. The van der Waals surface area contributed by atoms with Crippen LogP contribution in [0.2, 0.25) is 0 Å². The minimum Gasteiger partial charge on any atom is -0.480 e. The van der Waals surface area contributed by atoms with Gasteiger partial charge in [-0.2, -0.15) is 4.98 Å². The molecule has 3 aromatic rings. The second kappa shape index (κ2) is 8.25. The smallest absolute Gasteiger partial charge is 0.248 e. The molecule has 0 saturated heterocycles. The van der Waals surface area contributed by atoms with E-state index in [4.69, 9.17) is 10.5 Å². The Morgan fingerprint density at radius 1 is 1.29 bits per heavy atom. The van der Waals surface area contributed by atoms with Gasteiger partial charge in [0.05, 0.1) is 18.4 Å². The Bertz CT molecular complexity index is 1120. The summed E-state index contributed by atoms with van der Waals surface area (Å²) in [5.74, 6) is -0.461. The van der Waals surface area contributed by atoms with Crippen LogP contribution in [-0.4, -0.2) is 40.7 Å². The zero-order valence-electron chi connectivity index (χ0n) is 16.8. The van der Waals surface area contributed by atoms with Gasteiger partial charge in [0, 0.05) is 29.9 Å². The monoisotopic (exact) mass is 425 g/mol. The second-order valence-electron chi connectivity index (χ2n) is 7.53. The number of alkyl halides is 1. The van der Waals surface area contributed by atoms with Crippen LogP contribution in [0.5, 0.6) is 5.88 Å². The van der Waals surface area contributed by atoms with E-state index in [2.05, 4.69) is 20.3 Å². The Morgan fingerprint density at radius 2 is 2.10 bits per heavy atom. The van der Waals surface area contributed by atoms with Crippen LogP contribution in [0.25, 0.3) is 11.1 Å². The number of primary amides is 1. The molecule has 0 atom stereocenters. The Morgan fingerprint density at radius 3 is 2.77 bits per heavy atom. The SMILES string of the molecule is COc1nc(NCC2(c3ncccc3F)CC(F)C2)ncc1-c1cccc(C(N)=O)c1. The maximum Gasteiger partial charge on any atom is 0.248 e. The van der Waals surface area contributed by atoms with E-state index < -0.39 is 23.3 Å². The Labute approximate surface area is 177 Å². The molecular formula is C22H21F2N5O2. The van der Waals surface area contributed by atoms with Gasteiger partial charge in [0.25, 0.3) is 0 Å². The Kier molecular flexibility index (Phi) is 5.50. The van der Waals surface area contributed by atoms with Crippen molar-refractivity contribution in [2.75, 3.05) is 19.0 Å². The van der Waals surface area contributed by atoms with E-state index in [-0.39, 0.29) is 36.9 Å². The maximum absolute atomic E-state index is 14.3. The highest BCUT2D eigenvalue weighted by atomic mass is 19.1.